The molecule has 1 heterocycles. The van der Waals surface area contributed by atoms with Crippen LogP contribution in [0.2, 0.25) is 0 Å². The molecule has 3 heteroatoms. The Morgan fingerprint density at radius 2 is 2.33 bits per heavy atom. The largest absolute Gasteiger partial charge is 0.227 e. The summed E-state index contributed by atoms with van der Waals surface area (Å²) in [5.41, 5.74) is 0.863. The smallest absolute Gasteiger partial charge is 0.213 e. The van der Waals surface area contributed by atoms with Crippen molar-refractivity contribution in [3.63, 3.8) is 0 Å². The van der Waals surface area contributed by atoms with Crippen LogP contribution in [0.25, 0.3) is 0 Å². The molecule has 0 saturated carbocycles. The van der Waals surface area contributed by atoms with E-state index in [0.717, 1.165) is 10.0 Å². The molecule has 0 aromatic carbocycles. The van der Waals surface area contributed by atoms with Crippen molar-refractivity contribution in [3.05, 3.63) is 28.2 Å². The molecule has 0 unspecified atom stereocenters. The second-order valence-electron chi connectivity index (χ2n) is 1.76. The fourth-order valence-corrected chi connectivity index (χ4v) is 0.722. The molecule has 0 radical (unpaired) electrons. The summed E-state index contributed by atoms with van der Waals surface area (Å²) in [6, 6.07) is 1.38. The van der Waals surface area contributed by atoms with Crippen LogP contribution in [0.5, 0.6) is 0 Å². The van der Waals surface area contributed by atoms with Crippen molar-refractivity contribution in [3.8, 4) is 0 Å². The van der Waals surface area contributed by atoms with Crippen LogP contribution in [-0.2, 0) is 0 Å². The van der Waals surface area contributed by atoms with Crippen LogP contribution < -0.4 is 0 Å². The molecule has 0 atom stereocenters. The molecule has 0 spiro atoms. The van der Waals surface area contributed by atoms with Crippen molar-refractivity contribution < 1.29 is 4.39 Å². The molecule has 1 rings (SSSR count). The van der Waals surface area contributed by atoms with Gasteiger partial charge in [0, 0.05) is 10.7 Å². The van der Waals surface area contributed by atoms with Gasteiger partial charge >= 0.3 is 0 Å². The third-order valence-corrected chi connectivity index (χ3v) is 1.84. The summed E-state index contributed by atoms with van der Waals surface area (Å²) in [6.45, 7) is 1.81. The first kappa shape index (κ1) is 6.68. The number of aryl methyl sites for hydroxylation is 1. The van der Waals surface area contributed by atoms with Crippen LogP contribution in [0.3, 0.4) is 0 Å². The van der Waals surface area contributed by atoms with Gasteiger partial charge in [0.15, 0.2) is 0 Å². The van der Waals surface area contributed by atoms with E-state index < -0.39 is 5.95 Å². The maximum Gasteiger partial charge on any atom is 0.213 e. The lowest BCUT2D eigenvalue weighted by Gasteiger charge is -1.93. The van der Waals surface area contributed by atoms with Gasteiger partial charge in [0.05, 0.1) is 0 Å². The first-order valence-corrected chi connectivity index (χ1v) is 3.27. The van der Waals surface area contributed by atoms with Crippen LogP contribution >= 0.6 is 15.9 Å². The minimum atomic E-state index is -0.435. The monoisotopic (exact) mass is 189 g/mol. The van der Waals surface area contributed by atoms with Gasteiger partial charge in [-0.15, -0.1) is 0 Å². The van der Waals surface area contributed by atoms with Crippen LogP contribution in [0.4, 0.5) is 4.39 Å². The summed E-state index contributed by atoms with van der Waals surface area (Å²) in [5.74, 6) is -0.435. The number of halogens is 2. The quantitative estimate of drug-likeness (QED) is 0.572. The minimum Gasteiger partial charge on any atom is -0.227 e. The van der Waals surface area contributed by atoms with Gasteiger partial charge in [-0.3, -0.25) is 0 Å². The number of rotatable bonds is 0. The van der Waals surface area contributed by atoms with E-state index >= 15 is 0 Å². The van der Waals surface area contributed by atoms with E-state index in [-0.39, 0.29) is 0 Å². The van der Waals surface area contributed by atoms with E-state index in [1.54, 1.807) is 0 Å². The number of pyridine rings is 1. The maximum absolute atomic E-state index is 12.2. The lowest BCUT2D eigenvalue weighted by atomic mass is 10.3. The summed E-state index contributed by atoms with van der Waals surface area (Å²) in [4.78, 5) is 3.43. The highest BCUT2D eigenvalue weighted by Gasteiger charge is 1.94. The van der Waals surface area contributed by atoms with Gasteiger partial charge in [-0.25, -0.2) is 4.98 Å². The van der Waals surface area contributed by atoms with Crippen LogP contribution in [0, 0.1) is 12.9 Å². The second-order valence-corrected chi connectivity index (χ2v) is 2.61. The molecular formula is C6H5BrFN. The van der Waals surface area contributed by atoms with Gasteiger partial charge in [0.2, 0.25) is 5.95 Å². The average Bonchev–Trinajstić information content (AvgIpc) is 1.80. The number of aromatic nitrogens is 1. The molecule has 0 fully saturated rings. The third-order valence-electron chi connectivity index (χ3n) is 1.01. The molecule has 48 valence electrons. The molecule has 0 N–H and O–H groups in total. The molecular weight excluding hydrogens is 185 g/mol. The standard InChI is InChI=1S/C6H5BrFN/c1-4-2-6(8)9-3-5(4)7/h2-3H,1H3. The van der Waals surface area contributed by atoms with E-state index in [0.29, 0.717) is 0 Å². The Morgan fingerprint density at radius 1 is 1.67 bits per heavy atom. The van der Waals surface area contributed by atoms with Gasteiger partial charge in [-0.1, -0.05) is 0 Å². The van der Waals surface area contributed by atoms with Gasteiger partial charge in [-0.2, -0.15) is 4.39 Å². The number of hydrogen-bond donors (Lipinski definition) is 0. The van der Waals surface area contributed by atoms with Crippen molar-refractivity contribution in [2.45, 2.75) is 6.92 Å². The van der Waals surface area contributed by atoms with Crippen molar-refractivity contribution in [2.75, 3.05) is 0 Å². The fraction of sp³-hybridized carbons (Fsp3) is 0.167. The predicted molar refractivity (Wildman–Crippen MR) is 36.6 cm³/mol. The maximum atomic E-state index is 12.2. The number of nitrogens with zero attached hydrogens (tertiary/aromatic N) is 1. The lowest BCUT2D eigenvalue weighted by molar-refractivity contribution is 0.582. The predicted octanol–water partition coefficient (Wildman–Crippen LogP) is 2.29. The minimum absolute atomic E-state index is 0.435. The topological polar surface area (TPSA) is 12.9 Å². The fourth-order valence-electron chi connectivity index (χ4n) is 0.505. The SMILES string of the molecule is Cc1cc(F)ncc1Br. The first-order valence-electron chi connectivity index (χ1n) is 2.48. The summed E-state index contributed by atoms with van der Waals surface area (Å²) in [6.07, 6.45) is 1.45. The van der Waals surface area contributed by atoms with Gasteiger partial charge in [-0.05, 0) is 34.5 Å². The average molecular weight is 190 g/mol. The molecule has 0 amide bonds. The molecule has 1 aromatic rings. The number of hydrogen-bond acceptors (Lipinski definition) is 1. The summed E-state index contributed by atoms with van der Waals surface area (Å²) >= 11 is 3.20. The van der Waals surface area contributed by atoms with Crippen molar-refractivity contribution in [1.29, 1.82) is 0 Å². The zero-order valence-corrected chi connectivity index (χ0v) is 6.44. The normalized spacial score (nSPS) is 9.67. The van der Waals surface area contributed by atoms with Gasteiger partial charge in [0.1, 0.15) is 0 Å². The Morgan fingerprint density at radius 3 is 2.78 bits per heavy atom. The van der Waals surface area contributed by atoms with Crippen molar-refractivity contribution in [1.82, 2.24) is 4.98 Å². The van der Waals surface area contributed by atoms with Gasteiger partial charge < -0.3 is 0 Å². The van der Waals surface area contributed by atoms with Crippen molar-refractivity contribution in [2.24, 2.45) is 0 Å². The second kappa shape index (κ2) is 2.43. The van der Waals surface area contributed by atoms with E-state index in [2.05, 4.69) is 20.9 Å². The highest BCUT2D eigenvalue weighted by molar-refractivity contribution is 9.10. The van der Waals surface area contributed by atoms with Crippen LogP contribution in [0.1, 0.15) is 5.56 Å². The summed E-state index contributed by atoms with van der Waals surface area (Å²) in [5, 5.41) is 0. The highest BCUT2D eigenvalue weighted by atomic mass is 79.9. The Bertz CT molecular complexity index is 224. The Labute approximate surface area is 61.0 Å². The summed E-state index contributed by atoms with van der Waals surface area (Å²) < 4.78 is 13.1. The Kier molecular flexibility index (Phi) is 1.81. The lowest BCUT2D eigenvalue weighted by Crippen LogP contribution is -1.83. The highest BCUT2D eigenvalue weighted by Crippen LogP contribution is 2.13. The zero-order chi connectivity index (χ0) is 6.85. The van der Waals surface area contributed by atoms with Crippen molar-refractivity contribution >= 4 is 15.9 Å². The van der Waals surface area contributed by atoms with Crippen LogP contribution in [-0.4, -0.2) is 4.98 Å². The van der Waals surface area contributed by atoms with Crippen LogP contribution in [0.15, 0.2) is 16.7 Å². The molecule has 0 aliphatic rings. The third kappa shape index (κ3) is 1.48. The Balaban J connectivity index is 3.17. The zero-order valence-electron chi connectivity index (χ0n) is 4.86. The molecule has 1 nitrogen and oxygen atoms in total. The summed E-state index contributed by atoms with van der Waals surface area (Å²) in [7, 11) is 0. The van der Waals surface area contributed by atoms with E-state index in [4.69, 9.17) is 0 Å². The molecule has 0 aliphatic carbocycles. The molecule has 1 aromatic heterocycles. The molecule has 0 aliphatic heterocycles. The molecule has 0 bridgehead atoms. The molecule has 9 heavy (non-hydrogen) atoms. The van der Waals surface area contributed by atoms with Gasteiger partial charge in [0.25, 0.3) is 0 Å². The Hall–Kier alpha value is -0.440. The van der Waals surface area contributed by atoms with E-state index in [1.807, 2.05) is 6.92 Å². The molecule has 0 saturated heterocycles. The van der Waals surface area contributed by atoms with E-state index in [1.165, 1.54) is 12.3 Å². The first-order chi connectivity index (χ1) is 4.20. The van der Waals surface area contributed by atoms with E-state index in [9.17, 15) is 4.39 Å².